The van der Waals surface area contributed by atoms with Gasteiger partial charge in [-0.15, -0.1) is 0 Å². The number of hydrogen-bond acceptors (Lipinski definition) is 3. The van der Waals surface area contributed by atoms with Gasteiger partial charge in [-0.25, -0.2) is 5.01 Å². The summed E-state index contributed by atoms with van der Waals surface area (Å²) in [7, 11) is 5.19. The molecule has 1 N–H and O–H groups in total. The van der Waals surface area contributed by atoms with E-state index in [9.17, 15) is 4.79 Å². The Kier molecular flexibility index (Phi) is 4.31. The number of carbonyl (C=O) groups is 1. The zero-order chi connectivity index (χ0) is 12.1. The molecule has 0 radical (unpaired) electrons. The number of ether oxygens (including phenoxy) is 1. The summed E-state index contributed by atoms with van der Waals surface area (Å²) in [6, 6.07) is 5.44. The molecule has 4 nitrogen and oxygen atoms in total. The van der Waals surface area contributed by atoms with Crippen LogP contribution in [0.1, 0.15) is 22.8 Å². The molecule has 1 rings (SSSR count). The van der Waals surface area contributed by atoms with Crippen LogP contribution in [0.15, 0.2) is 18.2 Å². The third-order valence-electron chi connectivity index (χ3n) is 2.25. The maximum absolute atomic E-state index is 11.7. The lowest BCUT2D eigenvalue weighted by Crippen LogP contribution is -2.36. The molecule has 1 aromatic carbocycles. The van der Waals surface area contributed by atoms with Crippen molar-refractivity contribution >= 4 is 5.91 Å². The monoisotopic (exact) mass is 222 g/mol. The van der Waals surface area contributed by atoms with Crippen molar-refractivity contribution in [3.63, 3.8) is 0 Å². The summed E-state index contributed by atoms with van der Waals surface area (Å²) in [5.41, 5.74) is 4.38. The molecule has 0 fully saturated rings. The van der Waals surface area contributed by atoms with E-state index in [-0.39, 0.29) is 5.91 Å². The van der Waals surface area contributed by atoms with Crippen molar-refractivity contribution in [2.45, 2.75) is 13.3 Å². The predicted molar refractivity (Wildman–Crippen MR) is 63.5 cm³/mol. The minimum Gasteiger partial charge on any atom is -0.496 e. The van der Waals surface area contributed by atoms with Gasteiger partial charge in [0, 0.05) is 19.7 Å². The number of amides is 1. The average Bonchev–Trinajstić information content (AvgIpc) is 2.27. The highest BCUT2D eigenvalue weighted by molar-refractivity contribution is 5.94. The maximum Gasteiger partial charge on any atom is 0.265 e. The number of nitrogens with zero attached hydrogens (tertiary/aromatic N) is 1. The van der Waals surface area contributed by atoms with E-state index >= 15 is 0 Å². The third kappa shape index (κ3) is 2.97. The van der Waals surface area contributed by atoms with E-state index in [4.69, 9.17) is 4.74 Å². The van der Waals surface area contributed by atoms with Crippen molar-refractivity contribution < 1.29 is 9.53 Å². The van der Waals surface area contributed by atoms with Crippen molar-refractivity contribution in [2.75, 3.05) is 21.2 Å². The van der Waals surface area contributed by atoms with Crippen molar-refractivity contribution in [3.8, 4) is 5.75 Å². The molecule has 0 saturated heterocycles. The fourth-order valence-electron chi connectivity index (χ4n) is 1.46. The first-order valence-electron chi connectivity index (χ1n) is 5.23. The van der Waals surface area contributed by atoms with Crippen LogP contribution in [0.5, 0.6) is 5.75 Å². The molecule has 0 saturated carbocycles. The van der Waals surface area contributed by atoms with Crippen LogP contribution in [-0.4, -0.2) is 32.1 Å². The lowest BCUT2D eigenvalue weighted by atomic mass is 10.1. The highest BCUT2D eigenvalue weighted by Crippen LogP contribution is 2.20. The largest absolute Gasteiger partial charge is 0.496 e. The summed E-state index contributed by atoms with van der Waals surface area (Å²) in [6.07, 6.45) is 0.840. The molecule has 0 aliphatic heterocycles. The van der Waals surface area contributed by atoms with Crippen LogP contribution in [0.3, 0.4) is 0 Å². The summed E-state index contributed by atoms with van der Waals surface area (Å²) >= 11 is 0. The van der Waals surface area contributed by atoms with Gasteiger partial charge in [-0.3, -0.25) is 10.2 Å². The molecule has 16 heavy (non-hydrogen) atoms. The lowest BCUT2D eigenvalue weighted by Gasteiger charge is -2.13. The van der Waals surface area contributed by atoms with E-state index in [0.717, 1.165) is 17.7 Å². The van der Waals surface area contributed by atoms with E-state index in [1.807, 2.05) is 19.1 Å². The molecule has 1 aromatic rings. The second-order valence-corrected chi connectivity index (χ2v) is 3.72. The maximum atomic E-state index is 11.7. The molecule has 0 heterocycles. The average molecular weight is 222 g/mol. The van der Waals surface area contributed by atoms with Gasteiger partial charge in [0.1, 0.15) is 5.75 Å². The van der Waals surface area contributed by atoms with Crippen LogP contribution in [0.25, 0.3) is 0 Å². The molecule has 0 aromatic heterocycles. The molecule has 0 spiro atoms. The summed E-state index contributed by atoms with van der Waals surface area (Å²) < 4.78 is 5.21. The lowest BCUT2D eigenvalue weighted by molar-refractivity contribution is 0.0857. The fourth-order valence-corrected chi connectivity index (χ4v) is 1.46. The Morgan fingerprint density at radius 3 is 2.62 bits per heavy atom. The van der Waals surface area contributed by atoms with Gasteiger partial charge in [0.05, 0.1) is 7.11 Å². The Hall–Kier alpha value is -1.55. The zero-order valence-electron chi connectivity index (χ0n) is 10.2. The molecular formula is C12H18N2O2. The fraction of sp³-hybridized carbons (Fsp3) is 0.417. The molecule has 0 atom stereocenters. The zero-order valence-corrected chi connectivity index (χ0v) is 10.2. The van der Waals surface area contributed by atoms with Gasteiger partial charge in [0.15, 0.2) is 0 Å². The highest BCUT2D eigenvalue weighted by Gasteiger charge is 2.09. The standard InChI is InChI=1S/C12H18N2O2/c1-5-9-8-10(6-7-11(9)16-4)12(15)13-14(2)3/h6-8H,5H2,1-4H3,(H,13,15). The molecule has 88 valence electrons. The van der Waals surface area contributed by atoms with Crippen molar-refractivity contribution in [1.82, 2.24) is 10.4 Å². The van der Waals surface area contributed by atoms with Crippen LogP contribution in [-0.2, 0) is 6.42 Å². The second-order valence-electron chi connectivity index (χ2n) is 3.72. The molecule has 0 bridgehead atoms. The normalized spacial score (nSPS) is 10.3. The number of aryl methyl sites for hydroxylation is 1. The SMILES string of the molecule is CCc1cc(C(=O)NN(C)C)ccc1OC. The van der Waals surface area contributed by atoms with Crippen molar-refractivity contribution in [2.24, 2.45) is 0 Å². The molecule has 4 heteroatoms. The van der Waals surface area contributed by atoms with E-state index in [2.05, 4.69) is 5.43 Å². The minimum absolute atomic E-state index is 0.109. The number of benzene rings is 1. The summed E-state index contributed by atoms with van der Waals surface area (Å²) in [5.74, 6) is 0.714. The number of hydrazine groups is 1. The number of hydrogen-bond donors (Lipinski definition) is 1. The van der Waals surface area contributed by atoms with E-state index in [1.54, 1.807) is 32.3 Å². The van der Waals surface area contributed by atoms with E-state index in [0.29, 0.717) is 5.56 Å². The van der Waals surface area contributed by atoms with Crippen LogP contribution in [0.4, 0.5) is 0 Å². The van der Waals surface area contributed by atoms with Gasteiger partial charge in [0.25, 0.3) is 5.91 Å². The van der Waals surface area contributed by atoms with Gasteiger partial charge in [-0.05, 0) is 30.2 Å². The Morgan fingerprint density at radius 2 is 2.12 bits per heavy atom. The van der Waals surface area contributed by atoms with E-state index in [1.165, 1.54) is 0 Å². The molecule has 0 unspecified atom stereocenters. The Balaban J connectivity index is 2.94. The summed E-state index contributed by atoms with van der Waals surface area (Å²) in [5, 5.41) is 1.62. The van der Waals surface area contributed by atoms with Gasteiger partial charge in [0.2, 0.25) is 0 Å². The highest BCUT2D eigenvalue weighted by atomic mass is 16.5. The number of carbonyl (C=O) groups excluding carboxylic acids is 1. The van der Waals surface area contributed by atoms with Gasteiger partial charge in [-0.1, -0.05) is 6.92 Å². The minimum atomic E-state index is -0.109. The van der Waals surface area contributed by atoms with Gasteiger partial charge >= 0.3 is 0 Å². The molecule has 0 aliphatic rings. The summed E-state index contributed by atoms with van der Waals surface area (Å²) in [6.45, 7) is 2.03. The quantitative estimate of drug-likeness (QED) is 0.784. The van der Waals surface area contributed by atoms with Crippen LogP contribution < -0.4 is 10.2 Å². The Bertz CT molecular complexity index is 375. The first-order valence-corrected chi connectivity index (χ1v) is 5.23. The number of methoxy groups -OCH3 is 1. The Labute approximate surface area is 96.2 Å². The van der Waals surface area contributed by atoms with Gasteiger partial charge < -0.3 is 4.74 Å². The topological polar surface area (TPSA) is 41.6 Å². The summed E-state index contributed by atoms with van der Waals surface area (Å²) in [4.78, 5) is 11.7. The first-order chi connectivity index (χ1) is 7.58. The molecular weight excluding hydrogens is 204 g/mol. The molecule has 0 aliphatic carbocycles. The Morgan fingerprint density at radius 1 is 1.44 bits per heavy atom. The molecule has 1 amide bonds. The van der Waals surface area contributed by atoms with E-state index < -0.39 is 0 Å². The number of nitrogens with one attached hydrogen (secondary N) is 1. The van der Waals surface area contributed by atoms with Crippen molar-refractivity contribution in [3.05, 3.63) is 29.3 Å². The van der Waals surface area contributed by atoms with Crippen LogP contribution >= 0.6 is 0 Å². The third-order valence-corrected chi connectivity index (χ3v) is 2.25. The van der Waals surface area contributed by atoms with Crippen molar-refractivity contribution in [1.29, 1.82) is 0 Å². The predicted octanol–water partition coefficient (Wildman–Crippen LogP) is 1.46. The van der Waals surface area contributed by atoms with Gasteiger partial charge in [-0.2, -0.15) is 0 Å². The second kappa shape index (κ2) is 5.51. The van der Waals surface area contributed by atoms with Crippen LogP contribution in [0, 0.1) is 0 Å². The first kappa shape index (κ1) is 12.5. The number of rotatable bonds is 4. The smallest absolute Gasteiger partial charge is 0.265 e. The van der Waals surface area contributed by atoms with Crippen LogP contribution in [0.2, 0.25) is 0 Å².